The van der Waals surface area contributed by atoms with Crippen LogP contribution in [0.25, 0.3) is 11.0 Å². The largest absolute Gasteiger partial charge is 0.493 e. The zero-order chi connectivity index (χ0) is 20.9. The molecular weight excluding hydrogens is 394 g/mol. The summed E-state index contributed by atoms with van der Waals surface area (Å²) in [4.78, 5) is 19.7. The molecule has 0 radical (unpaired) electrons. The smallest absolute Gasteiger partial charge is 0.242 e. The van der Waals surface area contributed by atoms with Crippen LogP contribution in [-0.2, 0) is 11.3 Å². The van der Waals surface area contributed by atoms with Crippen molar-refractivity contribution in [1.82, 2.24) is 14.5 Å². The number of rotatable bonds is 7. The van der Waals surface area contributed by atoms with E-state index < -0.39 is 0 Å². The van der Waals surface area contributed by atoms with Crippen molar-refractivity contribution in [2.24, 2.45) is 5.92 Å². The van der Waals surface area contributed by atoms with E-state index in [9.17, 15) is 4.79 Å². The van der Waals surface area contributed by atoms with Crippen molar-refractivity contribution in [3.05, 3.63) is 54.1 Å². The van der Waals surface area contributed by atoms with Crippen molar-refractivity contribution in [3.63, 3.8) is 0 Å². The summed E-state index contributed by atoms with van der Waals surface area (Å²) in [5.74, 6) is 2.54. The van der Waals surface area contributed by atoms with Gasteiger partial charge in [0.05, 0.1) is 17.6 Å². The number of carbonyl (C=O) groups is 1. The molecule has 2 aromatic carbocycles. The fourth-order valence-electron chi connectivity index (χ4n) is 3.74. The molecule has 0 bridgehead atoms. The normalized spacial score (nSPS) is 14.9. The maximum Gasteiger partial charge on any atom is 0.242 e. The number of hydrogen-bond donors (Lipinski definition) is 0. The molecule has 30 heavy (non-hydrogen) atoms. The molecule has 6 heteroatoms. The van der Waals surface area contributed by atoms with Crippen molar-refractivity contribution >= 4 is 28.7 Å². The number of amides is 1. The van der Waals surface area contributed by atoms with E-state index in [1.54, 1.807) is 11.8 Å². The zero-order valence-electron chi connectivity index (χ0n) is 17.7. The molecule has 1 saturated heterocycles. The van der Waals surface area contributed by atoms with Gasteiger partial charge in [0, 0.05) is 18.8 Å². The number of carbonyl (C=O) groups excluding carboxylic acids is 1. The highest BCUT2D eigenvalue weighted by Gasteiger charge is 2.22. The fraction of sp³-hybridized carbons (Fsp3) is 0.417. The standard InChI is InChI=1S/C24H29N3O2S/c1-18-7-9-20(10-8-18)29-15-16-30-24-25-21-5-3-4-6-22(21)27(24)17-23(28)26-13-11-19(2)12-14-26/h3-10,19H,11-17H2,1-2H3. The van der Waals surface area contributed by atoms with Crippen LogP contribution in [0.2, 0.25) is 0 Å². The summed E-state index contributed by atoms with van der Waals surface area (Å²) in [5, 5.41) is 0.877. The molecule has 1 amide bonds. The highest BCUT2D eigenvalue weighted by molar-refractivity contribution is 7.99. The molecule has 1 aromatic heterocycles. The highest BCUT2D eigenvalue weighted by Crippen LogP contribution is 2.25. The average molecular weight is 424 g/mol. The number of aromatic nitrogens is 2. The van der Waals surface area contributed by atoms with E-state index in [-0.39, 0.29) is 5.91 Å². The van der Waals surface area contributed by atoms with Crippen molar-refractivity contribution < 1.29 is 9.53 Å². The lowest BCUT2D eigenvalue weighted by molar-refractivity contribution is -0.133. The third-order valence-corrected chi connectivity index (χ3v) is 6.59. The van der Waals surface area contributed by atoms with E-state index in [2.05, 4.69) is 30.5 Å². The van der Waals surface area contributed by atoms with Gasteiger partial charge in [0.1, 0.15) is 12.3 Å². The Morgan fingerprint density at radius 2 is 1.87 bits per heavy atom. The summed E-state index contributed by atoms with van der Waals surface area (Å²) in [5.41, 5.74) is 3.16. The van der Waals surface area contributed by atoms with Crippen LogP contribution < -0.4 is 4.74 Å². The number of thioether (sulfide) groups is 1. The molecule has 3 aromatic rings. The van der Waals surface area contributed by atoms with E-state index in [4.69, 9.17) is 9.72 Å². The van der Waals surface area contributed by atoms with Gasteiger partial charge in [-0.1, -0.05) is 48.5 Å². The SMILES string of the molecule is Cc1ccc(OCCSc2nc3ccccc3n2CC(=O)N2CCC(C)CC2)cc1. The molecule has 0 unspecified atom stereocenters. The quantitative estimate of drug-likeness (QED) is 0.406. The molecule has 1 aliphatic heterocycles. The lowest BCUT2D eigenvalue weighted by atomic mass is 9.99. The molecule has 2 heterocycles. The summed E-state index contributed by atoms with van der Waals surface area (Å²) in [6.45, 7) is 6.98. The summed E-state index contributed by atoms with van der Waals surface area (Å²) in [6.07, 6.45) is 2.18. The summed E-state index contributed by atoms with van der Waals surface area (Å²) in [6, 6.07) is 16.1. The number of benzene rings is 2. The summed E-state index contributed by atoms with van der Waals surface area (Å²) in [7, 11) is 0. The first kappa shape index (κ1) is 20.8. The zero-order valence-corrected chi connectivity index (χ0v) is 18.5. The second-order valence-corrected chi connectivity index (χ2v) is 9.10. The van der Waals surface area contributed by atoms with E-state index >= 15 is 0 Å². The molecule has 5 nitrogen and oxygen atoms in total. The van der Waals surface area contributed by atoms with Crippen LogP contribution in [0.5, 0.6) is 5.75 Å². The van der Waals surface area contributed by atoms with Crippen LogP contribution in [0, 0.1) is 12.8 Å². The van der Waals surface area contributed by atoms with Crippen molar-refractivity contribution in [3.8, 4) is 5.75 Å². The van der Waals surface area contributed by atoms with Crippen LogP contribution in [0.4, 0.5) is 0 Å². The van der Waals surface area contributed by atoms with Crippen LogP contribution >= 0.6 is 11.8 Å². The van der Waals surface area contributed by atoms with Gasteiger partial charge in [0.25, 0.3) is 0 Å². The Morgan fingerprint density at radius 3 is 2.63 bits per heavy atom. The second kappa shape index (κ2) is 9.56. The second-order valence-electron chi connectivity index (χ2n) is 8.04. The topological polar surface area (TPSA) is 47.4 Å². The maximum absolute atomic E-state index is 13.0. The molecule has 0 spiro atoms. The molecule has 4 rings (SSSR count). The molecule has 1 aliphatic rings. The number of para-hydroxylation sites is 2. The fourth-order valence-corrected chi connectivity index (χ4v) is 4.57. The van der Waals surface area contributed by atoms with Crippen molar-refractivity contribution in [2.45, 2.75) is 38.4 Å². The Hall–Kier alpha value is -2.47. The number of ether oxygens (including phenoxy) is 1. The van der Waals surface area contributed by atoms with Gasteiger partial charge in [-0.2, -0.15) is 0 Å². The molecule has 0 saturated carbocycles. The Labute approximate surface area is 182 Å². The van der Waals surface area contributed by atoms with Gasteiger partial charge >= 0.3 is 0 Å². The first-order valence-corrected chi connectivity index (χ1v) is 11.6. The monoisotopic (exact) mass is 423 g/mol. The number of fused-ring (bicyclic) bond motifs is 1. The Morgan fingerprint density at radius 1 is 1.13 bits per heavy atom. The average Bonchev–Trinajstić information content (AvgIpc) is 3.10. The number of piperidine rings is 1. The van der Waals surface area contributed by atoms with Crippen LogP contribution in [-0.4, -0.2) is 45.8 Å². The maximum atomic E-state index is 13.0. The third kappa shape index (κ3) is 4.98. The Bertz CT molecular complexity index is 991. The van der Waals surface area contributed by atoms with E-state index in [0.29, 0.717) is 19.1 Å². The van der Waals surface area contributed by atoms with E-state index in [1.807, 2.05) is 41.3 Å². The minimum absolute atomic E-state index is 0.183. The molecule has 0 N–H and O–H groups in total. The first-order chi connectivity index (χ1) is 14.6. The lowest BCUT2D eigenvalue weighted by Crippen LogP contribution is -2.39. The van der Waals surface area contributed by atoms with Crippen LogP contribution in [0.3, 0.4) is 0 Å². The predicted octanol–water partition coefficient (Wildman–Crippen LogP) is 4.77. The van der Waals surface area contributed by atoms with Gasteiger partial charge in [-0.25, -0.2) is 4.98 Å². The number of likely N-dealkylation sites (tertiary alicyclic amines) is 1. The molecule has 0 atom stereocenters. The molecule has 1 fully saturated rings. The Kier molecular flexibility index (Phi) is 6.62. The third-order valence-electron chi connectivity index (χ3n) is 5.65. The predicted molar refractivity (Wildman–Crippen MR) is 122 cm³/mol. The number of imidazole rings is 1. The van der Waals surface area contributed by atoms with Gasteiger partial charge in [0.15, 0.2) is 5.16 Å². The molecule has 0 aliphatic carbocycles. The summed E-state index contributed by atoms with van der Waals surface area (Å²) >= 11 is 1.64. The first-order valence-electron chi connectivity index (χ1n) is 10.7. The van der Waals surface area contributed by atoms with Crippen LogP contribution in [0.15, 0.2) is 53.7 Å². The van der Waals surface area contributed by atoms with E-state index in [1.165, 1.54) is 5.56 Å². The summed E-state index contributed by atoms with van der Waals surface area (Å²) < 4.78 is 7.91. The minimum atomic E-state index is 0.183. The molecule has 158 valence electrons. The minimum Gasteiger partial charge on any atom is -0.493 e. The lowest BCUT2D eigenvalue weighted by Gasteiger charge is -2.30. The number of aryl methyl sites for hydroxylation is 1. The Balaban J connectivity index is 1.42. The number of nitrogens with zero attached hydrogens (tertiary/aromatic N) is 3. The number of hydrogen-bond acceptors (Lipinski definition) is 4. The van der Waals surface area contributed by atoms with Crippen LogP contribution in [0.1, 0.15) is 25.3 Å². The van der Waals surface area contributed by atoms with Gasteiger partial charge in [-0.15, -0.1) is 0 Å². The van der Waals surface area contributed by atoms with E-state index in [0.717, 1.165) is 53.6 Å². The highest BCUT2D eigenvalue weighted by atomic mass is 32.2. The van der Waals surface area contributed by atoms with Crippen molar-refractivity contribution in [2.75, 3.05) is 25.4 Å². The van der Waals surface area contributed by atoms with Gasteiger partial charge in [-0.05, 0) is 49.9 Å². The van der Waals surface area contributed by atoms with Gasteiger partial charge in [0.2, 0.25) is 5.91 Å². The van der Waals surface area contributed by atoms with Gasteiger partial charge < -0.3 is 14.2 Å². The molecular formula is C24H29N3O2S. The van der Waals surface area contributed by atoms with Crippen molar-refractivity contribution in [1.29, 1.82) is 0 Å². The van der Waals surface area contributed by atoms with Gasteiger partial charge in [-0.3, -0.25) is 4.79 Å².